The summed E-state index contributed by atoms with van der Waals surface area (Å²) in [4.78, 5) is 23.0. The molecule has 2 aromatic heterocycles. The molecule has 0 spiro atoms. The molecule has 3 heterocycles. The Morgan fingerprint density at radius 3 is 2.81 bits per heavy atom. The van der Waals surface area contributed by atoms with Crippen molar-refractivity contribution in [3.05, 3.63) is 12.4 Å². The Morgan fingerprint density at radius 1 is 1.24 bits per heavy atom. The Balaban J connectivity index is 1.85. The lowest BCUT2D eigenvalue weighted by molar-refractivity contribution is 0.565. The van der Waals surface area contributed by atoms with Gasteiger partial charge in [-0.15, -0.1) is 0 Å². The Morgan fingerprint density at radius 2 is 2.10 bits per heavy atom. The van der Waals surface area contributed by atoms with Crippen molar-refractivity contribution in [2.75, 3.05) is 29.9 Å². The Bertz CT molecular complexity index is 566. The second kappa shape index (κ2) is 6.75. The lowest BCUT2D eigenvalue weighted by Crippen LogP contribution is -2.31. The molecule has 0 radical (unpaired) electrons. The van der Waals surface area contributed by atoms with Gasteiger partial charge in [0.25, 0.3) is 0 Å². The maximum atomic E-state index is 4.58. The van der Waals surface area contributed by atoms with E-state index < -0.39 is 0 Å². The number of H-pyrrole nitrogens is 1. The molecule has 0 bridgehead atoms. The lowest BCUT2D eigenvalue weighted by atomic mass is 10.1. The first-order valence-electron chi connectivity index (χ1n) is 7.27. The fraction of sp³-hybridized carbons (Fsp3) is 0.538. The van der Waals surface area contributed by atoms with Crippen molar-refractivity contribution >= 4 is 23.7 Å². The number of hydrogen-bond donors (Lipinski definition) is 2. The monoisotopic (exact) mass is 305 g/mol. The molecule has 0 aromatic carbocycles. The number of imidazole rings is 1. The predicted octanol–water partition coefficient (Wildman–Crippen LogP) is 2.17. The highest BCUT2D eigenvalue weighted by Gasteiger charge is 2.16. The van der Waals surface area contributed by atoms with E-state index in [4.69, 9.17) is 0 Å². The maximum Gasteiger partial charge on any atom is 0.231 e. The minimum absolute atomic E-state index is 0.627. The van der Waals surface area contributed by atoms with Gasteiger partial charge in [0.05, 0.1) is 0 Å². The van der Waals surface area contributed by atoms with E-state index in [2.05, 4.69) is 35.1 Å². The smallest absolute Gasteiger partial charge is 0.231 e. The zero-order valence-corrected chi connectivity index (χ0v) is 12.9. The summed E-state index contributed by atoms with van der Waals surface area (Å²) in [6, 6.07) is 0. The van der Waals surface area contributed by atoms with Gasteiger partial charge in [-0.2, -0.15) is 15.0 Å². The predicted molar refractivity (Wildman–Crippen MR) is 82.8 cm³/mol. The van der Waals surface area contributed by atoms with Crippen LogP contribution in [0.15, 0.2) is 22.7 Å². The van der Waals surface area contributed by atoms with Gasteiger partial charge in [0, 0.05) is 32.0 Å². The highest BCUT2D eigenvalue weighted by molar-refractivity contribution is 7.99. The fourth-order valence-corrected chi connectivity index (χ4v) is 2.93. The first kappa shape index (κ1) is 14.1. The van der Waals surface area contributed by atoms with Crippen LogP contribution >= 0.6 is 11.8 Å². The van der Waals surface area contributed by atoms with Gasteiger partial charge in [0.2, 0.25) is 17.1 Å². The first-order chi connectivity index (χ1) is 10.3. The molecule has 8 heteroatoms. The standard InChI is InChI=1S/C13H19N7S/c1-2-14-10-17-11(20-8-4-3-5-9-20)19-13(18-10)21-12-15-6-7-16-12/h6-7H,2-5,8-9H2,1H3,(H,15,16)(H,14,17,18,19). The van der Waals surface area contributed by atoms with Crippen LogP contribution in [0, 0.1) is 0 Å². The number of aromatic amines is 1. The van der Waals surface area contributed by atoms with Crippen molar-refractivity contribution in [2.45, 2.75) is 36.5 Å². The van der Waals surface area contributed by atoms with Crippen molar-refractivity contribution in [1.29, 1.82) is 0 Å². The number of nitrogens with zero attached hydrogens (tertiary/aromatic N) is 5. The second-order valence-electron chi connectivity index (χ2n) is 4.82. The number of piperidine rings is 1. The minimum Gasteiger partial charge on any atom is -0.354 e. The van der Waals surface area contributed by atoms with E-state index in [-0.39, 0.29) is 0 Å². The maximum absolute atomic E-state index is 4.58. The third-order valence-electron chi connectivity index (χ3n) is 3.24. The highest BCUT2D eigenvalue weighted by atomic mass is 32.2. The molecule has 21 heavy (non-hydrogen) atoms. The molecule has 3 rings (SSSR count). The van der Waals surface area contributed by atoms with Crippen molar-refractivity contribution in [3.63, 3.8) is 0 Å². The zero-order chi connectivity index (χ0) is 14.5. The number of rotatable bonds is 5. The zero-order valence-electron chi connectivity index (χ0n) is 12.0. The molecule has 1 fully saturated rings. The summed E-state index contributed by atoms with van der Waals surface area (Å²) in [5.74, 6) is 1.39. The quantitative estimate of drug-likeness (QED) is 0.876. The fourth-order valence-electron chi connectivity index (χ4n) is 2.26. The Labute approximate surface area is 128 Å². The third-order valence-corrected chi connectivity index (χ3v) is 4.02. The van der Waals surface area contributed by atoms with Crippen LogP contribution in [-0.2, 0) is 0 Å². The topological polar surface area (TPSA) is 82.6 Å². The average molecular weight is 305 g/mol. The van der Waals surface area contributed by atoms with Crippen molar-refractivity contribution in [1.82, 2.24) is 24.9 Å². The van der Waals surface area contributed by atoms with Crippen LogP contribution in [0.5, 0.6) is 0 Å². The summed E-state index contributed by atoms with van der Waals surface area (Å²) in [5.41, 5.74) is 0. The summed E-state index contributed by atoms with van der Waals surface area (Å²) < 4.78 is 0. The van der Waals surface area contributed by atoms with Gasteiger partial charge in [-0.3, -0.25) is 0 Å². The van der Waals surface area contributed by atoms with Crippen LogP contribution in [0.2, 0.25) is 0 Å². The molecule has 0 atom stereocenters. The molecule has 0 aliphatic carbocycles. The Kier molecular flexibility index (Phi) is 4.54. The van der Waals surface area contributed by atoms with Crippen LogP contribution in [0.1, 0.15) is 26.2 Å². The first-order valence-corrected chi connectivity index (χ1v) is 8.09. The van der Waals surface area contributed by atoms with E-state index in [1.807, 2.05) is 6.92 Å². The molecule has 2 aromatic rings. The van der Waals surface area contributed by atoms with E-state index in [0.717, 1.165) is 30.7 Å². The van der Waals surface area contributed by atoms with E-state index in [0.29, 0.717) is 11.1 Å². The van der Waals surface area contributed by atoms with E-state index in [9.17, 15) is 0 Å². The summed E-state index contributed by atoms with van der Waals surface area (Å²) in [7, 11) is 0. The molecular formula is C13H19N7S. The van der Waals surface area contributed by atoms with Gasteiger partial charge in [0.15, 0.2) is 5.16 Å². The van der Waals surface area contributed by atoms with Crippen LogP contribution in [0.4, 0.5) is 11.9 Å². The van der Waals surface area contributed by atoms with E-state index >= 15 is 0 Å². The number of anilines is 2. The minimum atomic E-state index is 0.627. The van der Waals surface area contributed by atoms with Gasteiger partial charge in [-0.1, -0.05) is 0 Å². The number of aromatic nitrogens is 5. The van der Waals surface area contributed by atoms with Crippen LogP contribution in [-0.4, -0.2) is 44.6 Å². The van der Waals surface area contributed by atoms with Gasteiger partial charge >= 0.3 is 0 Å². The molecule has 0 unspecified atom stereocenters. The summed E-state index contributed by atoms with van der Waals surface area (Å²) in [5, 5.41) is 4.62. The summed E-state index contributed by atoms with van der Waals surface area (Å²) in [6.07, 6.45) is 7.20. The molecule has 7 nitrogen and oxygen atoms in total. The molecular weight excluding hydrogens is 286 g/mol. The van der Waals surface area contributed by atoms with Crippen LogP contribution < -0.4 is 10.2 Å². The average Bonchev–Trinajstić information content (AvgIpc) is 3.01. The van der Waals surface area contributed by atoms with Crippen molar-refractivity contribution in [2.24, 2.45) is 0 Å². The lowest BCUT2D eigenvalue weighted by Gasteiger charge is -2.26. The molecule has 1 saturated heterocycles. The summed E-state index contributed by atoms with van der Waals surface area (Å²) >= 11 is 1.42. The highest BCUT2D eigenvalue weighted by Crippen LogP contribution is 2.24. The van der Waals surface area contributed by atoms with Crippen molar-refractivity contribution in [3.8, 4) is 0 Å². The molecule has 0 saturated carbocycles. The van der Waals surface area contributed by atoms with E-state index in [1.54, 1.807) is 12.4 Å². The van der Waals surface area contributed by atoms with E-state index in [1.165, 1.54) is 31.0 Å². The van der Waals surface area contributed by atoms with Gasteiger partial charge < -0.3 is 15.2 Å². The van der Waals surface area contributed by atoms with Gasteiger partial charge in [0.1, 0.15) is 0 Å². The molecule has 1 aliphatic heterocycles. The summed E-state index contributed by atoms with van der Waals surface area (Å²) in [6.45, 7) is 4.85. The largest absolute Gasteiger partial charge is 0.354 e. The normalized spacial score (nSPS) is 15.2. The third kappa shape index (κ3) is 3.63. The van der Waals surface area contributed by atoms with Crippen LogP contribution in [0.25, 0.3) is 0 Å². The van der Waals surface area contributed by atoms with Gasteiger partial charge in [-0.05, 0) is 37.9 Å². The Hall–Kier alpha value is -1.83. The molecule has 1 aliphatic rings. The number of nitrogens with one attached hydrogen (secondary N) is 2. The molecule has 0 amide bonds. The van der Waals surface area contributed by atoms with Crippen molar-refractivity contribution < 1.29 is 0 Å². The number of hydrogen-bond acceptors (Lipinski definition) is 7. The SMILES string of the molecule is CCNc1nc(Sc2ncc[nH]2)nc(N2CCCCC2)n1. The van der Waals surface area contributed by atoms with Crippen LogP contribution in [0.3, 0.4) is 0 Å². The molecule has 112 valence electrons. The second-order valence-corrected chi connectivity index (χ2v) is 5.77. The van der Waals surface area contributed by atoms with Gasteiger partial charge in [-0.25, -0.2) is 4.98 Å². The molecule has 2 N–H and O–H groups in total.